The standard InChI is InChI=1S/C15H23O3P/c1-10(2)13(19)11-6-8-12(9-7-11)17-14(16)18-15(3,4)5/h6-10,13H,19H2,1-5H3. The predicted molar refractivity (Wildman–Crippen MR) is 80.6 cm³/mol. The summed E-state index contributed by atoms with van der Waals surface area (Å²) in [5, 5.41) is 0. The van der Waals surface area contributed by atoms with Crippen LogP contribution in [-0.4, -0.2) is 11.8 Å². The van der Waals surface area contributed by atoms with Crippen molar-refractivity contribution in [1.29, 1.82) is 0 Å². The Balaban J connectivity index is 2.65. The number of rotatable bonds is 3. The maximum Gasteiger partial charge on any atom is 0.514 e. The number of hydrogen-bond donors (Lipinski definition) is 0. The SMILES string of the molecule is CC(C)C(P)c1ccc(OC(=O)OC(C)(C)C)cc1. The Kier molecular flexibility index (Phi) is 5.37. The van der Waals surface area contributed by atoms with Gasteiger partial charge >= 0.3 is 6.16 Å². The average Bonchev–Trinajstić information content (AvgIpc) is 2.26. The van der Waals surface area contributed by atoms with Crippen molar-refractivity contribution in [3.05, 3.63) is 29.8 Å². The molecule has 19 heavy (non-hydrogen) atoms. The lowest BCUT2D eigenvalue weighted by atomic mass is 10.0. The van der Waals surface area contributed by atoms with Gasteiger partial charge < -0.3 is 9.47 Å². The molecule has 0 saturated heterocycles. The molecule has 0 aromatic heterocycles. The van der Waals surface area contributed by atoms with E-state index in [0.29, 0.717) is 17.3 Å². The first kappa shape index (κ1) is 16.0. The largest absolute Gasteiger partial charge is 0.514 e. The summed E-state index contributed by atoms with van der Waals surface area (Å²) in [7, 11) is 2.83. The zero-order chi connectivity index (χ0) is 14.6. The first-order valence-electron chi connectivity index (χ1n) is 6.45. The van der Waals surface area contributed by atoms with Crippen molar-refractivity contribution in [2.24, 2.45) is 5.92 Å². The van der Waals surface area contributed by atoms with Gasteiger partial charge in [0.1, 0.15) is 11.4 Å². The average molecular weight is 282 g/mol. The molecule has 0 spiro atoms. The first-order chi connectivity index (χ1) is 8.69. The van der Waals surface area contributed by atoms with Gasteiger partial charge in [0.05, 0.1) is 0 Å². The molecule has 2 unspecified atom stereocenters. The smallest absolute Gasteiger partial charge is 0.428 e. The third kappa shape index (κ3) is 5.61. The Morgan fingerprint density at radius 2 is 1.68 bits per heavy atom. The van der Waals surface area contributed by atoms with E-state index in [2.05, 4.69) is 23.1 Å². The normalized spacial score (nSPS) is 13.2. The van der Waals surface area contributed by atoms with Crippen LogP contribution in [0.5, 0.6) is 5.75 Å². The molecule has 0 aliphatic rings. The third-order valence-electron chi connectivity index (χ3n) is 2.57. The summed E-state index contributed by atoms with van der Waals surface area (Å²) < 4.78 is 10.2. The van der Waals surface area contributed by atoms with Gasteiger partial charge in [0.25, 0.3) is 0 Å². The Labute approximate surface area is 117 Å². The molecule has 0 aliphatic heterocycles. The fourth-order valence-corrected chi connectivity index (χ4v) is 1.73. The van der Waals surface area contributed by atoms with E-state index < -0.39 is 11.8 Å². The van der Waals surface area contributed by atoms with Gasteiger partial charge in [-0.2, -0.15) is 0 Å². The summed E-state index contributed by atoms with van der Waals surface area (Å²) in [6.45, 7) is 9.75. The van der Waals surface area contributed by atoms with Gasteiger partial charge in [-0.15, -0.1) is 9.24 Å². The second-order valence-electron chi connectivity index (χ2n) is 5.91. The van der Waals surface area contributed by atoms with E-state index in [-0.39, 0.29) is 0 Å². The summed E-state index contributed by atoms with van der Waals surface area (Å²) >= 11 is 0. The van der Waals surface area contributed by atoms with Crippen LogP contribution in [0.3, 0.4) is 0 Å². The first-order valence-corrected chi connectivity index (χ1v) is 7.12. The van der Waals surface area contributed by atoms with Crippen molar-refractivity contribution >= 4 is 15.4 Å². The number of carbonyl (C=O) groups excluding carboxylic acids is 1. The molecule has 1 aromatic rings. The van der Waals surface area contributed by atoms with Crippen LogP contribution in [0.2, 0.25) is 0 Å². The fraction of sp³-hybridized carbons (Fsp3) is 0.533. The predicted octanol–water partition coefficient (Wildman–Crippen LogP) is 4.57. The quantitative estimate of drug-likeness (QED) is 0.462. The van der Waals surface area contributed by atoms with Crippen molar-refractivity contribution in [3.63, 3.8) is 0 Å². The van der Waals surface area contributed by atoms with Crippen molar-refractivity contribution in [1.82, 2.24) is 0 Å². The van der Waals surface area contributed by atoms with E-state index in [0.717, 1.165) is 0 Å². The molecular weight excluding hydrogens is 259 g/mol. The number of benzene rings is 1. The molecule has 1 rings (SSSR count). The number of hydrogen-bond acceptors (Lipinski definition) is 3. The summed E-state index contributed by atoms with van der Waals surface area (Å²) in [5.41, 5.74) is 1.06. The minimum atomic E-state index is -0.675. The highest BCUT2D eigenvalue weighted by atomic mass is 31.0. The summed E-state index contributed by atoms with van der Waals surface area (Å²) in [4.78, 5) is 11.5. The Bertz CT molecular complexity index is 418. The van der Waals surface area contributed by atoms with Gasteiger partial charge in [0.2, 0.25) is 0 Å². The Hall–Kier alpha value is -1.08. The highest BCUT2D eigenvalue weighted by molar-refractivity contribution is 7.17. The van der Waals surface area contributed by atoms with E-state index >= 15 is 0 Å². The topological polar surface area (TPSA) is 35.5 Å². The lowest BCUT2D eigenvalue weighted by Gasteiger charge is -2.19. The molecule has 1 aromatic carbocycles. The van der Waals surface area contributed by atoms with Gasteiger partial charge in [0.15, 0.2) is 0 Å². The van der Waals surface area contributed by atoms with Gasteiger partial charge in [-0.3, -0.25) is 0 Å². The third-order valence-corrected chi connectivity index (χ3v) is 3.73. The second-order valence-corrected chi connectivity index (χ2v) is 6.62. The van der Waals surface area contributed by atoms with Crippen LogP contribution in [-0.2, 0) is 4.74 Å². The number of carbonyl (C=O) groups is 1. The van der Waals surface area contributed by atoms with E-state index in [1.54, 1.807) is 32.9 Å². The monoisotopic (exact) mass is 282 g/mol. The van der Waals surface area contributed by atoms with E-state index in [9.17, 15) is 4.79 Å². The van der Waals surface area contributed by atoms with Crippen molar-refractivity contribution in [2.75, 3.05) is 0 Å². The molecule has 0 heterocycles. The second kappa shape index (κ2) is 6.38. The van der Waals surface area contributed by atoms with Gasteiger partial charge in [-0.05, 0) is 44.4 Å². The summed E-state index contributed by atoms with van der Waals surface area (Å²) in [5.74, 6) is 1.04. The molecule has 0 amide bonds. The zero-order valence-corrected chi connectivity index (χ0v) is 13.4. The maximum absolute atomic E-state index is 11.5. The molecule has 106 valence electrons. The van der Waals surface area contributed by atoms with Crippen LogP contribution >= 0.6 is 9.24 Å². The molecule has 0 radical (unpaired) electrons. The molecule has 2 atom stereocenters. The van der Waals surface area contributed by atoms with Gasteiger partial charge in [0, 0.05) is 5.66 Å². The molecule has 0 fully saturated rings. The maximum atomic E-state index is 11.5. The fourth-order valence-electron chi connectivity index (χ4n) is 1.51. The molecule has 0 N–H and O–H groups in total. The van der Waals surface area contributed by atoms with E-state index in [1.807, 2.05) is 12.1 Å². The van der Waals surface area contributed by atoms with E-state index in [1.165, 1.54) is 5.56 Å². The van der Waals surface area contributed by atoms with Crippen LogP contribution in [0, 0.1) is 5.92 Å². The molecule has 0 saturated carbocycles. The minimum absolute atomic E-state index is 0.399. The molecular formula is C15H23O3P. The van der Waals surface area contributed by atoms with Gasteiger partial charge in [-0.1, -0.05) is 26.0 Å². The molecule has 3 nitrogen and oxygen atoms in total. The number of ether oxygens (including phenoxy) is 2. The van der Waals surface area contributed by atoms with Crippen LogP contribution < -0.4 is 4.74 Å². The minimum Gasteiger partial charge on any atom is -0.428 e. The highest BCUT2D eigenvalue weighted by Gasteiger charge is 2.18. The Morgan fingerprint density at radius 1 is 1.16 bits per heavy atom. The molecule has 0 bridgehead atoms. The van der Waals surface area contributed by atoms with Gasteiger partial charge in [-0.25, -0.2) is 4.79 Å². The molecule has 4 heteroatoms. The lowest BCUT2D eigenvalue weighted by Crippen LogP contribution is -2.25. The zero-order valence-electron chi connectivity index (χ0n) is 12.3. The van der Waals surface area contributed by atoms with Crippen molar-refractivity contribution < 1.29 is 14.3 Å². The molecule has 0 aliphatic carbocycles. The van der Waals surface area contributed by atoms with Crippen molar-refractivity contribution in [2.45, 2.75) is 45.9 Å². The highest BCUT2D eigenvalue weighted by Crippen LogP contribution is 2.31. The van der Waals surface area contributed by atoms with Crippen molar-refractivity contribution in [3.8, 4) is 5.75 Å². The van der Waals surface area contributed by atoms with Crippen LogP contribution in [0.15, 0.2) is 24.3 Å². The summed E-state index contributed by atoms with van der Waals surface area (Å²) in [6.07, 6.45) is -0.675. The van der Waals surface area contributed by atoms with Crippen LogP contribution in [0.25, 0.3) is 0 Å². The summed E-state index contributed by atoms with van der Waals surface area (Å²) in [6, 6.07) is 7.52. The van der Waals surface area contributed by atoms with Crippen LogP contribution in [0.4, 0.5) is 4.79 Å². The Morgan fingerprint density at radius 3 is 2.11 bits per heavy atom. The van der Waals surface area contributed by atoms with E-state index in [4.69, 9.17) is 9.47 Å². The lowest BCUT2D eigenvalue weighted by molar-refractivity contribution is 0.0206. The van der Waals surface area contributed by atoms with Crippen LogP contribution in [0.1, 0.15) is 45.8 Å².